The zero-order valence-corrected chi connectivity index (χ0v) is 12.4. The topological polar surface area (TPSA) is 96.7 Å². The van der Waals surface area contributed by atoms with Crippen LogP contribution in [-0.4, -0.2) is 38.4 Å². The van der Waals surface area contributed by atoms with Crippen LogP contribution in [0.15, 0.2) is 5.16 Å². The lowest BCUT2D eigenvalue weighted by atomic mass is 9.93. The van der Waals surface area contributed by atoms with Gasteiger partial charge in [0.15, 0.2) is 0 Å². The minimum absolute atomic E-state index is 0.211. The monoisotopic (exact) mass is 283 g/mol. The molecule has 19 heavy (non-hydrogen) atoms. The first-order valence-corrected chi connectivity index (χ1v) is 7.52. The van der Waals surface area contributed by atoms with Gasteiger partial charge in [0.1, 0.15) is 11.4 Å². The smallest absolute Gasteiger partial charge is 0.238 e. The first-order chi connectivity index (χ1) is 8.94. The summed E-state index contributed by atoms with van der Waals surface area (Å²) in [6, 6.07) is 0.211. The summed E-state index contributed by atoms with van der Waals surface area (Å²) in [6.07, 6.45) is 2.10. The third-order valence-electron chi connectivity index (χ3n) is 3.27. The van der Waals surface area contributed by atoms with Gasteiger partial charge in [0.2, 0.25) is 11.1 Å². The standard InChI is InChI=1S/C12H21N5OS/c1-7(2)15-12(10(13)18,9-4-5-9)6-19-11-14-8(3)16-17-11/h7,9,15H,4-6H2,1-3H3,(H2,13,18)(H,14,16,17). The summed E-state index contributed by atoms with van der Waals surface area (Å²) in [5.41, 5.74) is 5.02. The molecule has 1 aromatic rings. The first-order valence-electron chi connectivity index (χ1n) is 6.53. The zero-order valence-electron chi connectivity index (χ0n) is 11.6. The highest BCUT2D eigenvalue weighted by Crippen LogP contribution is 2.42. The SMILES string of the molecule is Cc1nc(SCC(NC(C)C)(C(N)=O)C2CC2)n[nH]1. The van der Waals surface area contributed by atoms with Crippen molar-refractivity contribution in [1.82, 2.24) is 20.5 Å². The Kier molecular flexibility index (Phi) is 4.15. The van der Waals surface area contributed by atoms with E-state index in [2.05, 4.69) is 20.5 Å². The maximum atomic E-state index is 12.0. The van der Waals surface area contributed by atoms with Crippen molar-refractivity contribution < 1.29 is 4.79 Å². The van der Waals surface area contributed by atoms with Crippen LogP contribution in [0.4, 0.5) is 0 Å². The van der Waals surface area contributed by atoms with Gasteiger partial charge in [-0.15, -0.1) is 5.10 Å². The van der Waals surface area contributed by atoms with Crippen molar-refractivity contribution in [3.8, 4) is 0 Å². The van der Waals surface area contributed by atoms with E-state index in [0.717, 1.165) is 18.7 Å². The molecule has 0 aliphatic heterocycles. The van der Waals surface area contributed by atoms with E-state index in [-0.39, 0.29) is 11.9 Å². The van der Waals surface area contributed by atoms with Gasteiger partial charge in [-0.2, -0.15) is 0 Å². The quantitative estimate of drug-likeness (QED) is 0.644. The van der Waals surface area contributed by atoms with Crippen molar-refractivity contribution in [1.29, 1.82) is 0 Å². The van der Waals surface area contributed by atoms with E-state index in [0.29, 0.717) is 16.8 Å². The highest BCUT2D eigenvalue weighted by molar-refractivity contribution is 7.99. The number of H-pyrrole nitrogens is 1. The molecule has 7 heteroatoms. The molecule has 1 aliphatic rings. The van der Waals surface area contributed by atoms with Crippen LogP contribution in [0.1, 0.15) is 32.5 Å². The molecule has 0 radical (unpaired) electrons. The van der Waals surface area contributed by atoms with Gasteiger partial charge in [-0.1, -0.05) is 11.8 Å². The molecule has 6 nitrogen and oxygen atoms in total. The highest BCUT2D eigenvalue weighted by Gasteiger charge is 2.50. The number of rotatable bonds is 7. The normalized spacial score (nSPS) is 18.5. The van der Waals surface area contributed by atoms with E-state index in [4.69, 9.17) is 5.73 Å². The molecule has 4 N–H and O–H groups in total. The molecule has 1 saturated carbocycles. The number of hydrogen-bond acceptors (Lipinski definition) is 5. The third-order valence-corrected chi connectivity index (χ3v) is 4.31. The highest BCUT2D eigenvalue weighted by atomic mass is 32.2. The van der Waals surface area contributed by atoms with Crippen LogP contribution in [0.5, 0.6) is 0 Å². The molecule has 1 aromatic heterocycles. The molecular formula is C12H21N5OS. The number of nitrogens with two attached hydrogens (primary N) is 1. The van der Waals surface area contributed by atoms with Gasteiger partial charge >= 0.3 is 0 Å². The molecule has 2 rings (SSSR count). The molecule has 106 valence electrons. The average molecular weight is 283 g/mol. The predicted molar refractivity (Wildman–Crippen MR) is 74.8 cm³/mol. The Morgan fingerprint density at radius 1 is 1.63 bits per heavy atom. The fraction of sp³-hybridized carbons (Fsp3) is 0.750. The van der Waals surface area contributed by atoms with Gasteiger partial charge < -0.3 is 11.1 Å². The molecule has 1 atom stereocenters. The molecule has 1 heterocycles. The lowest BCUT2D eigenvalue weighted by molar-refractivity contribution is -0.124. The fourth-order valence-corrected chi connectivity index (χ4v) is 3.41. The molecule has 0 bridgehead atoms. The van der Waals surface area contributed by atoms with Crippen molar-refractivity contribution in [3.05, 3.63) is 5.82 Å². The Bertz CT molecular complexity index is 457. The van der Waals surface area contributed by atoms with E-state index in [9.17, 15) is 4.79 Å². The lowest BCUT2D eigenvalue weighted by Gasteiger charge is -2.33. The number of nitrogens with zero attached hydrogens (tertiary/aromatic N) is 2. The van der Waals surface area contributed by atoms with Crippen molar-refractivity contribution >= 4 is 17.7 Å². The number of aromatic amines is 1. The number of carbonyl (C=O) groups is 1. The zero-order chi connectivity index (χ0) is 14.0. The van der Waals surface area contributed by atoms with Gasteiger partial charge in [0.25, 0.3) is 0 Å². The third kappa shape index (κ3) is 3.27. The summed E-state index contributed by atoms with van der Waals surface area (Å²) in [6.45, 7) is 5.91. The van der Waals surface area contributed by atoms with Gasteiger partial charge in [0, 0.05) is 11.8 Å². The first kappa shape index (κ1) is 14.3. The molecule has 1 amide bonds. The van der Waals surface area contributed by atoms with Crippen LogP contribution in [-0.2, 0) is 4.79 Å². The molecule has 1 unspecified atom stereocenters. The number of aromatic nitrogens is 3. The minimum atomic E-state index is -0.645. The van der Waals surface area contributed by atoms with E-state index >= 15 is 0 Å². The fourth-order valence-electron chi connectivity index (χ4n) is 2.28. The summed E-state index contributed by atoms with van der Waals surface area (Å²) in [5.74, 6) is 1.40. The van der Waals surface area contributed by atoms with Gasteiger partial charge in [0.05, 0.1) is 0 Å². The number of hydrogen-bond donors (Lipinski definition) is 3. The Morgan fingerprint density at radius 2 is 2.32 bits per heavy atom. The number of aryl methyl sites for hydroxylation is 1. The maximum Gasteiger partial charge on any atom is 0.238 e. The van der Waals surface area contributed by atoms with E-state index in [1.54, 1.807) is 0 Å². The van der Waals surface area contributed by atoms with Crippen LogP contribution >= 0.6 is 11.8 Å². The number of amides is 1. The second-order valence-corrected chi connectivity index (χ2v) is 6.34. The summed E-state index contributed by atoms with van der Waals surface area (Å²) in [4.78, 5) is 16.2. The minimum Gasteiger partial charge on any atom is -0.368 e. The Hall–Kier alpha value is -1.08. The van der Waals surface area contributed by atoms with E-state index in [1.165, 1.54) is 11.8 Å². The van der Waals surface area contributed by atoms with Crippen LogP contribution in [0.2, 0.25) is 0 Å². The maximum absolute atomic E-state index is 12.0. The predicted octanol–water partition coefficient (Wildman–Crippen LogP) is 0.837. The van der Waals surface area contributed by atoms with Crippen LogP contribution in [0, 0.1) is 12.8 Å². The Balaban J connectivity index is 2.10. The van der Waals surface area contributed by atoms with Crippen molar-refractivity contribution in [2.24, 2.45) is 11.7 Å². The van der Waals surface area contributed by atoms with Gasteiger partial charge in [-0.3, -0.25) is 9.89 Å². The molecule has 1 aliphatic carbocycles. The largest absolute Gasteiger partial charge is 0.368 e. The van der Waals surface area contributed by atoms with Crippen LogP contribution in [0.3, 0.4) is 0 Å². The molecule has 0 spiro atoms. The molecular weight excluding hydrogens is 262 g/mol. The van der Waals surface area contributed by atoms with E-state index < -0.39 is 5.54 Å². The molecule has 0 aromatic carbocycles. The Labute approximate surface area is 117 Å². The number of primary amides is 1. The molecule has 1 fully saturated rings. The average Bonchev–Trinajstić information content (AvgIpc) is 3.08. The van der Waals surface area contributed by atoms with E-state index in [1.807, 2.05) is 20.8 Å². The van der Waals surface area contributed by atoms with Crippen LogP contribution in [0.25, 0.3) is 0 Å². The number of nitrogens with one attached hydrogen (secondary N) is 2. The summed E-state index contributed by atoms with van der Waals surface area (Å²) in [7, 11) is 0. The summed E-state index contributed by atoms with van der Waals surface area (Å²) >= 11 is 1.47. The summed E-state index contributed by atoms with van der Waals surface area (Å²) < 4.78 is 0. The second kappa shape index (κ2) is 5.50. The second-order valence-electron chi connectivity index (χ2n) is 5.40. The number of thioether (sulfide) groups is 1. The summed E-state index contributed by atoms with van der Waals surface area (Å²) in [5, 5.41) is 10.9. The van der Waals surface area contributed by atoms with Crippen LogP contribution < -0.4 is 11.1 Å². The van der Waals surface area contributed by atoms with Gasteiger partial charge in [-0.05, 0) is 39.5 Å². The Morgan fingerprint density at radius 3 is 2.74 bits per heavy atom. The lowest BCUT2D eigenvalue weighted by Crippen LogP contribution is -2.61. The number of carbonyl (C=O) groups excluding carboxylic acids is 1. The van der Waals surface area contributed by atoms with Crippen molar-refractivity contribution in [2.75, 3.05) is 5.75 Å². The van der Waals surface area contributed by atoms with Crippen molar-refractivity contribution in [2.45, 2.75) is 50.4 Å². The molecule has 0 saturated heterocycles. The van der Waals surface area contributed by atoms with Gasteiger partial charge in [-0.25, -0.2) is 4.98 Å². The van der Waals surface area contributed by atoms with Crippen molar-refractivity contribution in [3.63, 3.8) is 0 Å².